The van der Waals surface area contributed by atoms with Crippen LogP contribution in [0, 0.1) is 28.6 Å². The minimum atomic E-state index is -1.35. The van der Waals surface area contributed by atoms with Gasteiger partial charge in [-0.2, -0.15) is 0 Å². The van der Waals surface area contributed by atoms with Crippen molar-refractivity contribution in [3.8, 4) is 0 Å². The molecular weight excluding hydrogens is 530 g/mol. The highest BCUT2D eigenvalue weighted by Gasteiger charge is 2.75. The molecule has 4 N–H and O–H groups in total. The number of nitrogen functional groups attached to an aromatic ring is 1. The van der Waals surface area contributed by atoms with Gasteiger partial charge in [0.25, 0.3) is 0 Å². The lowest BCUT2D eigenvalue weighted by molar-refractivity contribution is -0.201. The molecule has 0 spiro atoms. The van der Waals surface area contributed by atoms with Gasteiger partial charge in [0, 0.05) is 28.0 Å². The van der Waals surface area contributed by atoms with Crippen LogP contribution in [0.1, 0.15) is 62.5 Å². The van der Waals surface area contributed by atoms with Gasteiger partial charge in [0.1, 0.15) is 6.61 Å². The first-order valence-corrected chi connectivity index (χ1v) is 15.1. The molecule has 7 heteroatoms. The lowest BCUT2D eigenvalue weighted by atomic mass is 9.46. The van der Waals surface area contributed by atoms with Gasteiger partial charge in [-0.25, -0.2) is 0 Å². The first kappa shape index (κ1) is 27.7. The zero-order chi connectivity index (χ0) is 29.4. The van der Waals surface area contributed by atoms with Crippen LogP contribution < -0.4 is 5.73 Å². The first-order valence-electron chi connectivity index (χ1n) is 15.1. The number of ketones is 2. The van der Waals surface area contributed by atoms with Crippen molar-refractivity contribution in [2.24, 2.45) is 28.6 Å². The largest absolute Gasteiger partial charge is 0.399 e. The quantitative estimate of drug-likeness (QED) is 0.455. The molecule has 1 aliphatic heterocycles. The average molecular weight is 570 g/mol. The van der Waals surface area contributed by atoms with Gasteiger partial charge in [-0.05, 0) is 79.4 Å². The molecule has 0 amide bonds. The number of benzene rings is 2. The number of carbonyl (C=O) groups excluding carboxylic acids is 2. The van der Waals surface area contributed by atoms with E-state index in [1.807, 2.05) is 54.6 Å². The number of hydrogen-bond acceptors (Lipinski definition) is 7. The maximum absolute atomic E-state index is 13.7. The lowest BCUT2D eigenvalue weighted by Gasteiger charge is -2.59. The smallest absolute Gasteiger partial charge is 0.193 e. The summed E-state index contributed by atoms with van der Waals surface area (Å²) in [6.07, 6.45) is 6.73. The lowest BCUT2D eigenvalue weighted by Crippen LogP contribution is -2.63. The molecule has 9 atom stereocenters. The number of carbonyl (C=O) groups is 2. The molecule has 2 aromatic carbocycles. The summed E-state index contributed by atoms with van der Waals surface area (Å²) < 4.78 is 13.3. The van der Waals surface area contributed by atoms with E-state index in [4.69, 9.17) is 15.2 Å². The Morgan fingerprint density at radius 3 is 2.64 bits per heavy atom. The van der Waals surface area contributed by atoms with Crippen molar-refractivity contribution < 1.29 is 29.3 Å². The Kier molecular flexibility index (Phi) is 6.41. The maximum atomic E-state index is 13.7. The van der Waals surface area contributed by atoms with E-state index >= 15 is 0 Å². The Balaban J connectivity index is 1.18. The molecule has 4 aliphatic carbocycles. The molecular formula is C35H39NO6. The second kappa shape index (κ2) is 9.71. The highest BCUT2D eigenvalue weighted by atomic mass is 16.7. The Morgan fingerprint density at radius 2 is 1.90 bits per heavy atom. The summed E-state index contributed by atoms with van der Waals surface area (Å²) in [6.45, 7) is 3.54. The van der Waals surface area contributed by atoms with Gasteiger partial charge in [-0.3, -0.25) is 9.59 Å². The number of aliphatic hydroxyl groups is 2. The number of aliphatic hydroxyl groups excluding tert-OH is 2. The van der Waals surface area contributed by atoms with Gasteiger partial charge >= 0.3 is 0 Å². The number of allylic oxidation sites excluding steroid dienone is 4. The SMILES string of the molecule is C[C@]12C=CC(=O)C=C1CC[C@H]1C3C[C@H]4O[C@@H](c5ccc(Cc6cccc(N)c6)cc5)O[C@@]4(C(=O)CO)[C@@]3(C)C[C@H](O)[C@@H]12. The van der Waals surface area contributed by atoms with Gasteiger partial charge in [-0.1, -0.05) is 61.9 Å². The van der Waals surface area contributed by atoms with E-state index in [0.717, 1.165) is 47.2 Å². The van der Waals surface area contributed by atoms with Gasteiger partial charge in [0.15, 0.2) is 23.5 Å². The number of hydrogen-bond donors (Lipinski definition) is 3. The van der Waals surface area contributed by atoms with Crippen LogP contribution in [0.3, 0.4) is 0 Å². The summed E-state index contributed by atoms with van der Waals surface area (Å²) in [4.78, 5) is 25.9. The molecule has 1 saturated heterocycles. The molecule has 1 unspecified atom stereocenters. The van der Waals surface area contributed by atoms with Crippen LogP contribution >= 0.6 is 0 Å². The van der Waals surface area contributed by atoms with E-state index in [1.54, 1.807) is 12.2 Å². The molecule has 2 aromatic rings. The molecule has 0 aromatic heterocycles. The topological polar surface area (TPSA) is 119 Å². The fourth-order valence-electron chi connectivity index (χ4n) is 9.57. The molecule has 1 heterocycles. The molecule has 0 bridgehead atoms. The summed E-state index contributed by atoms with van der Waals surface area (Å²) in [5.74, 6) is -0.246. The summed E-state index contributed by atoms with van der Waals surface area (Å²) in [7, 11) is 0. The van der Waals surface area contributed by atoms with Gasteiger partial charge in [0.2, 0.25) is 0 Å². The minimum absolute atomic E-state index is 0.00425. The summed E-state index contributed by atoms with van der Waals surface area (Å²) in [5.41, 5.74) is 8.36. The van der Waals surface area contributed by atoms with Crippen molar-refractivity contribution in [1.29, 1.82) is 0 Å². The predicted molar refractivity (Wildman–Crippen MR) is 157 cm³/mol. The standard InChI is InChI=1S/C35H39NO6/c1-33-13-12-25(38)16-23(33)10-11-26-27-17-30-35(29(40)19-37,34(27,2)18-28(39)31(26)33)42-32(41-30)22-8-6-20(7-9-22)14-21-4-3-5-24(36)15-21/h3-9,12-13,15-16,26-28,30-32,37,39H,10-11,14,17-19,36H2,1-2H3/t26-,27?,28-,30+,31+,32+,33-,34-,35+/m0/s1. The van der Waals surface area contributed by atoms with Gasteiger partial charge in [-0.15, -0.1) is 0 Å². The van der Waals surface area contributed by atoms with Crippen LogP contribution in [0.2, 0.25) is 0 Å². The van der Waals surface area contributed by atoms with Crippen molar-refractivity contribution in [3.63, 3.8) is 0 Å². The Bertz CT molecular complexity index is 1500. The molecule has 0 radical (unpaired) electrons. The fourth-order valence-corrected chi connectivity index (χ4v) is 9.57. The summed E-state index contributed by atoms with van der Waals surface area (Å²) in [6, 6.07) is 15.9. The molecule has 7 rings (SSSR count). The number of anilines is 1. The highest BCUT2D eigenvalue weighted by Crippen LogP contribution is 2.70. The molecule has 220 valence electrons. The fraction of sp³-hybridized carbons (Fsp3) is 0.486. The molecule has 42 heavy (non-hydrogen) atoms. The Morgan fingerprint density at radius 1 is 1.12 bits per heavy atom. The monoisotopic (exact) mass is 569 g/mol. The van der Waals surface area contributed by atoms with Gasteiger partial charge < -0.3 is 25.4 Å². The highest BCUT2D eigenvalue weighted by molar-refractivity contribution is 6.01. The van der Waals surface area contributed by atoms with E-state index in [1.165, 1.54) is 0 Å². The second-order valence-electron chi connectivity index (χ2n) is 13.5. The number of rotatable bonds is 5. The van der Waals surface area contributed by atoms with Crippen LogP contribution in [0.25, 0.3) is 0 Å². The minimum Gasteiger partial charge on any atom is -0.399 e. The first-order chi connectivity index (χ1) is 20.1. The summed E-state index contributed by atoms with van der Waals surface area (Å²) in [5, 5.41) is 22.0. The van der Waals surface area contributed by atoms with E-state index in [2.05, 4.69) is 13.8 Å². The third-order valence-electron chi connectivity index (χ3n) is 11.4. The van der Waals surface area contributed by atoms with Crippen molar-refractivity contribution in [3.05, 3.63) is 89.0 Å². The number of ether oxygens (including phenoxy) is 2. The zero-order valence-electron chi connectivity index (χ0n) is 24.2. The van der Waals surface area contributed by atoms with Gasteiger partial charge in [0.05, 0.1) is 12.2 Å². The zero-order valence-corrected chi connectivity index (χ0v) is 24.2. The van der Waals surface area contributed by atoms with Crippen molar-refractivity contribution in [2.75, 3.05) is 12.3 Å². The predicted octanol–water partition coefficient (Wildman–Crippen LogP) is 4.46. The van der Waals surface area contributed by atoms with E-state index in [9.17, 15) is 19.8 Å². The van der Waals surface area contributed by atoms with Crippen LogP contribution in [-0.4, -0.2) is 46.2 Å². The van der Waals surface area contributed by atoms with Crippen LogP contribution in [0.5, 0.6) is 0 Å². The second-order valence-corrected chi connectivity index (χ2v) is 13.5. The van der Waals surface area contributed by atoms with E-state index < -0.39 is 41.5 Å². The molecule has 3 saturated carbocycles. The van der Waals surface area contributed by atoms with Crippen molar-refractivity contribution in [1.82, 2.24) is 0 Å². The van der Waals surface area contributed by atoms with E-state index in [-0.39, 0.29) is 29.3 Å². The number of nitrogens with two attached hydrogens (primary N) is 1. The summed E-state index contributed by atoms with van der Waals surface area (Å²) >= 11 is 0. The third kappa shape index (κ3) is 3.87. The normalized spacial score (nSPS) is 40.1. The van der Waals surface area contributed by atoms with Crippen LogP contribution in [0.4, 0.5) is 5.69 Å². The number of Topliss-reactive ketones (excluding diaryl/α,β-unsaturated/α-hetero) is 1. The third-order valence-corrected chi connectivity index (χ3v) is 11.4. The molecule has 4 fully saturated rings. The van der Waals surface area contributed by atoms with Crippen molar-refractivity contribution >= 4 is 17.3 Å². The van der Waals surface area contributed by atoms with Crippen LogP contribution in [0.15, 0.2) is 72.3 Å². The van der Waals surface area contributed by atoms with Crippen molar-refractivity contribution in [2.45, 2.75) is 70.1 Å². The maximum Gasteiger partial charge on any atom is 0.193 e. The van der Waals surface area contributed by atoms with Crippen LogP contribution in [-0.2, 0) is 25.5 Å². The Labute approximate surface area is 246 Å². The average Bonchev–Trinajstić information content (AvgIpc) is 3.46. The Hall–Kier alpha value is -3.10. The van der Waals surface area contributed by atoms with E-state index in [0.29, 0.717) is 12.8 Å². The molecule has 7 nitrogen and oxygen atoms in total. The number of fused-ring (bicyclic) bond motifs is 7. The molecule has 5 aliphatic rings.